The zero-order valence-corrected chi connectivity index (χ0v) is 20.1. The molecule has 178 valence electrons. The van der Waals surface area contributed by atoms with Crippen molar-refractivity contribution < 1.29 is 9.53 Å². The Bertz CT molecular complexity index is 1480. The summed E-state index contributed by atoms with van der Waals surface area (Å²) in [5.74, 6) is 0.836. The summed E-state index contributed by atoms with van der Waals surface area (Å²) in [6.45, 7) is 5.38. The largest absolute Gasteiger partial charge is 0.443 e. The number of fused-ring (bicyclic) bond motifs is 1. The second-order valence-electron chi connectivity index (χ2n) is 8.47. The first-order valence-corrected chi connectivity index (χ1v) is 11.5. The van der Waals surface area contributed by atoms with E-state index in [0.717, 1.165) is 10.9 Å². The molecule has 0 bridgehead atoms. The highest BCUT2D eigenvalue weighted by Gasteiger charge is 2.43. The first kappa shape index (κ1) is 22.8. The maximum atomic E-state index is 12.8. The molecule has 2 N–H and O–H groups in total. The maximum absolute atomic E-state index is 12.8. The molecule has 10 heteroatoms. The molecular weight excluding hydrogens is 468 g/mol. The number of aryl methyl sites for hydroxylation is 1. The Morgan fingerprint density at radius 1 is 1.09 bits per heavy atom. The lowest BCUT2D eigenvalue weighted by atomic mass is 10.0. The molecule has 35 heavy (non-hydrogen) atoms. The van der Waals surface area contributed by atoms with E-state index in [1.807, 2.05) is 44.2 Å². The van der Waals surface area contributed by atoms with Crippen molar-refractivity contribution in [1.82, 2.24) is 19.9 Å². The lowest BCUT2D eigenvalue weighted by Gasteiger charge is -2.23. The monoisotopic (exact) mass is 490 g/mol. The minimum absolute atomic E-state index is 0.176. The number of rotatable bonds is 5. The number of hydrogen-bond acceptors (Lipinski definition) is 7. The molecule has 2 aromatic carbocycles. The molecule has 2 aromatic heterocycles. The minimum atomic E-state index is -0.529. The first-order valence-electron chi connectivity index (χ1n) is 11.2. The van der Waals surface area contributed by atoms with Gasteiger partial charge in [-0.15, -0.1) is 0 Å². The number of pyridine rings is 1. The fourth-order valence-electron chi connectivity index (χ4n) is 4.31. The molecule has 1 aliphatic heterocycles. The number of hydrogen-bond donors (Lipinski definition) is 2. The molecule has 3 heterocycles. The van der Waals surface area contributed by atoms with Crippen LogP contribution in [0.5, 0.6) is 0 Å². The van der Waals surface area contributed by atoms with E-state index in [4.69, 9.17) is 16.3 Å². The van der Waals surface area contributed by atoms with Crippen LogP contribution in [0, 0.1) is 6.92 Å². The highest BCUT2D eigenvalue weighted by molar-refractivity contribution is 6.31. The van der Waals surface area contributed by atoms with Crippen LogP contribution < -0.4 is 15.8 Å². The number of H-pyrrole nitrogens is 1. The Balaban J connectivity index is 1.48. The van der Waals surface area contributed by atoms with Crippen molar-refractivity contribution in [2.45, 2.75) is 39.0 Å². The maximum Gasteiger partial charge on any atom is 0.417 e. The molecule has 0 radical (unpaired) electrons. The molecule has 9 nitrogen and oxygen atoms in total. The van der Waals surface area contributed by atoms with Crippen LogP contribution in [0.15, 0.2) is 59.4 Å². The molecule has 0 aliphatic carbocycles. The molecule has 0 unspecified atom stereocenters. The zero-order chi connectivity index (χ0) is 24.7. The normalized spacial score (nSPS) is 18.5. The molecule has 0 spiro atoms. The lowest BCUT2D eigenvalue weighted by Crippen LogP contribution is -2.31. The number of cyclic esters (lactones) is 1. The number of amides is 1. The predicted molar refractivity (Wildman–Crippen MR) is 134 cm³/mol. The molecule has 0 saturated carbocycles. The van der Waals surface area contributed by atoms with E-state index in [0.29, 0.717) is 21.9 Å². The van der Waals surface area contributed by atoms with Crippen LogP contribution in [0.25, 0.3) is 10.9 Å². The van der Waals surface area contributed by atoms with E-state index in [1.165, 1.54) is 4.90 Å². The quantitative estimate of drug-likeness (QED) is 0.407. The van der Waals surface area contributed by atoms with Crippen LogP contribution in [0.1, 0.15) is 42.9 Å². The highest BCUT2D eigenvalue weighted by Crippen LogP contribution is 2.36. The van der Waals surface area contributed by atoms with E-state index in [-0.39, 0.29) is 29.6 Å². The number of carbonyl (C=O) groups excluding carboxylic acids is 1. The summed E-state index contributed by atoms with van der Waals surface area (Å²) >= 11 is 6.12. The van der Waals surface area contributed by atoms with Gasteiger partial charge in [0, 0.05) is 21.5 Å². The van der Waals surface area contributed by atoms with Crippen LogP contribution in [0.2, 0.25) is 5.02 Å². The molecule has 5 rings (SSSR count). The smallest absolute Gasteiger partial charge is 0.417 e. The van der Waals surface area contributed by atoms with Crippen LogP contribution in [-0.4, -0.2) is 32.1 Å². The van der Waals surface area contributed by atoms with E-state index in [1.54, 1.807) is 31.2 Å². The van der Waals surface area contributed by atoms with Gasteiger partial charge in [0.25, 0.3) is 5.56 Å². The van der Waals surface area contributed by atoms with Gasteiger partial charge in [-0.1, -0.05) is 41.9 Å². The second-order valence-corrected chi connectivity index (χ2v) is 8.91. The Morgan fingerprint density at radius 3 is 2.63 bits per heavy atom. The molecule has 1 amide bonds. The number of carbonyl (C=O) groups is 1. The first-order chi connectivity index (χ1) is 16.8. The Kier molecular flexibility index (Phi) is 5.86. The standard InChI is InChI=1S/C25H23ClN6O3/c1-13(19-12-17-11-18(26)9-10-20(17)30-22(19)33)27-23-28-15(3)29-24(31-23)32-21(14(2)35-25(32)34)16-7-5-4-6-8-16/h4-14,21H,1-3H3,(H,30,33)(H,27,28,29,31)/t13-,14+,21+/m0/s1. The Hall–Kier alpha value is -3.98. The van der Waals surface area contributed by atoms with Crippen molar-refractivity contribution >= 4 is 40.5 Å². The third kappa shape index (κ3) is 4.42. The minimum Gasteiger partial charge on any atom is -0.443 e. The second kappa shape index (κ2) is 8.99. The number of anilines is 2. The summed E-state index contributed by atoms with van der Waals surface area (Å²) in [6, 6.07) is 15.8. The summed E-state index contributed by atoms with van der Waals surface area (Å²) in [7, 11) is 0. The number of aromatic amines is 1. The van der Waals surface area contributed by atoms with Gasteiger partial charge in [0.2, 0.25) is 11.9 Å². The molecule has 4 aromatic rings. The van der Waals surface area contributed by atoms with Gasteiger partial charge in [-0.3, -0.25) is 4.79 Å². The van der Waals surface area contributed by atoms with Gasteiger partial charge in [-0.25, -0.2) is 9.69 Å². The van der Waals surface area contributed by atoms with Gasteiger partial charge in [0.1, 0.15) is 18.0 Å². The highest BCUT2D eigenvalue weighted by atomic mass is 35.5. The average molecular weight is 491 g/mol. The van der Waals surface area contributed by atoms with Crippen LogP contribution in [0.4, 0.5) is 16.7 Å². The van der Waals surface area contributed by atoms with E-state index in [2.05, 4.69) is 25.3 Å². The van der Waals surface area contributed by atoms with Gasteiger partial charge < -0.3 is 15.0 Å². The predicted octanol–water partition coefficient (Wildman–Crippen LogP) is 4.93. The summed E-state index contributed by atoms with van der Waals surface area (Å²) in [5, 5.41) is 4.56. The van der Waals surface area contributed by atoms with Crippen LogP contribution in [0.3, 0.4) is 0 Å². The van der Waals surface area contributed by atoms with Crippen molar-refractivity contribution in [3.63, 3.8) is 0 Å². The van der Waals surface area contributed by atoms with Crippen molar-refractivity contribution in [1.29, 1.82) is 0 Å². The fourth-order valence-corrected chi connectivity index (χ4v) is 4.49. The molecule has 1 saturated heterocycles. The SMILES string of the molecule is Cc1nc(N[C@@H](C)c2cc3cc(Cl)ccc3[nH]c2=O)nc(N2C(=O)O[C@H](C)[C@@H]2c2ccccc2)n1. The molecular formula is C25H23ClN6O3. The Labute approximate surface area is 206 Å². The van der Waals surface area contributed by atoms with Gasteiger partial charge in [-0.05, 0) is 50.6 Å². The van der Waals surface area contributed by atoms with E-state index >= 15 is 0 Å². The third-order valence-electron chi connectivity index (χ3n) is 5.95. The zero-order valence-electron chi connectivity index (χ0n) is 19.3. The fraction of sp³-hybridized carbons (Fsp3) is 0.240. The van der Waals surface area contributed by atoms with Crippen LogP contribution >= 0.6 is 11.6 Å². The van der Waals surface area contributed by atoms with Gasteiger partial charge in [-0.2, -0.15) is 15.0 Å². The Morgan fingerprint density at radius 2 is 1.86 bits per heavy atom. The number of nitrogens with one attached hydrogen (secondary N) is 2. The lowest BCUT2D eigenvalue weighted by molar-refractivity contribution is 0.141. The third-order valence-corrected chi connectivity index (χ3v) is 6.18. The summed E-state index contributed by atoms with van der Waals surface area (Å²) in [4.78, 5) is 43.1. The van der Waals surface area contributed by atoms with Crippen molar-refractivity contribution in [3.8, 4) is 0 Å². The van der Waals surface area contributed by atoms with Crippen LogP contribution in [-0.2, 0) is 4.74 Å². The summed E-state index contributed by atoms with van der Waals surface area (Å²) in [6.07, 6.45) is -0.918. The van der Waals surface area contributed by atoms with E-state index in [9.17, 15) is 9.59 Å². The molecule has 1 aliphatic rings. The summed E-state index contributed by atoms with van der Waals surface area (Å²) in [5.41, 5.74) is 1.87. The van der Waals surface area contributed by atoms with Gasteiger partial charge in [0.15, 0.2) is 0 Å². The van der Waals surface area contributed by atoms with E-state index < -0.39 is 12.1 Å². The number of halogens is 1. The molecule has 3 atom stereocenters. The van der Waals surface area contributed by atoms with Gasteiger partial charge >= 0.3 is 6.09 Å². The molecule has 1 fully saturated rings. The van der Waals surface area contributed by atoms with Gasteiger partial charge in [0.05, 0.1) is 6.04 Å². The number of nitrogens with zero attached hydrogens (tertiary/aromatic N) is 4. The number of ether oxygens (including phenoxy) is 1. The van der Waals surface area contributed by atoms with Crippen molar-refractivity contribution in [3.05, 3.63) is 86.9 Å². The number of aromatic nitrogens is 4. The van der Waals surface area contributed by atoms with Crippen molar-refractivity contribution in [2.75, 3.05) is 10.2 Å². The summed E-state index contributed by atoms with van der Waals surface area (Å²) < 4.78 is 5.50. The topological polar surface area (TPSA) is 113 Å². The average Bonchev–Trinajstić information content (AvgIpc) is 3.12. The van der Waals surface area contributed by atoms with Crippen molar-refractivity contribution in [2.24, 2.45) is 0 Å². The number of benzene rings is 2.